The minimum Gasteiger partial charge on any atom is -0.270 e. The summed E-state index contributed by atoms with van der Waals surface area (Å²) in [6, 6.07) is 3.31. The maximum atomic E-state index is 12.6. The number of nitrogens with zero attached hydrogens (tertiary/aromatic N) is 1. The summed E-state index contributed by atoms with van der Waals surface area (Å²) in [7, 11) is -6.92. The maximum absolute atomic E-state index is 12.6. The second-order valence-corrected chi connectivity index (χ2v) is 10.5. The molecule has 0 saturated carbocycles. The van der Waals surface area contributed by atoms with Crippen LogP contribution in [0.1, 0.15) is 37.8 Å². The SMILES string of the molecule is Cc1cc(N2CCCCS2(=O)=O)cc(C)c1S(=O)(=O)NCC(C)C. The maximum Gasteiger partial charge on any atom is 0.241 e. The molecule has 0 unspecified atom stereocenters. The zero-order valence-corrected chi connectivity index (χ0v) is 16.3. The van der Waals surface area contributed by atoms with E-state index in [1.165, 1.54) is 4.31 Å². The minimum absolute atomic E-state index is 0.140. The molecule has 1 aromatic rings. The van der Waals surface area contributed by atoms with E-state index in [4.69, 9.17) is 0 Å². The van der Waals surface area contributed by atoms with E-state index in [0.29, 0.717) is 36.3 Å². The molecule has 1 fully saturated rings. The van der Waals surface area contributed by atoms with Crippen LogP contribution in [-0.2, 0) is 20.0 Å². The van der Waals surface area contributed by atoms with Gasteiger partial charge in [0.05, 0.1) is 16.3 Å². The van der Waals surface area contributed by atoms with E-state index in [9.17, 15) is 16.8 Å². The highest BCUT2D eigenvalue weighted by Gasteiger charge is 2.28. The van der Waals surface area contributed by atoms with Crippen molar-refractivity contribution < 1.29 is 16.8 Å². The Morgan fingerprint density at radius 2 is 1.75 bits per heavy atom. The molecule has 1 aliphatic rings. The normalized spacial score (nSPS) is 18.1. The second kappa shape index (κ2) is 7.01. The van der Waals surface area contributed by atoms with Gasteiger partial charge in [-0.1, -0.05) is 13.8 Å². The van der Waals surface area contributed by atoms with Crippen molar-refractivity contribution in [3.63, 3.8) is 0 Å². The van der Waals surface area contributed by atoms with Gasteiger partial charge in [-0.25, -0.2) is 21.6 Å². The fourth-order valence-corrected chi connectivity index (χ4v) is 6.21. The van der Waals surface area contributed by atoms with Crippen LogP contribution in [0, 0.1) is 19.8 Å². The summed E-state index contributed by atoms with van der Waals surface area (Å²) in [6.45, 7) is 8.09. The average Bonchev–Trinajstić information content (AvgIpc) is 2.43. The van der Waals surface area contributed by atoms with E-state index in [1.54, 1.807) is 26.0 Å². The zero-order valence-electron chi connectivity index (χ0n) is 14.7. The van der Waals surface area contributed by atoms with Gasteiger partial charge in [0.15, 0.2) is 0 Å². The lowest BCUT2D eigenvalue weighted by molar-refractivity contribution is 0.559. The van der Waals surface area contributed by atoms with Crippen molar-refractivity contribution in [3.05, 3.63) is 23.3 Å². The third kappa shape index (κ3) is 4.10. The van der Waals surface area contributed by atoms with Crippen LogP contribution in [0.2, 0.25) is 0 Å². The molecule has 24 heavy (non-hydrogen) atoms. The first-order chi connectivity index (χ1) is 11.0. The summed E-state index contributed by atoms with van der Waals surface area (Å²) in [6.07, 6.45) is 1.48. The highest BCUT2D eigenvalue weighted by atomic mass is 32.2. The molecule has 136 valence electrons. The molecule has 0 amide bonds. The van der Waals surface area contributed by atoms with Crippen molar-refractivity contribution in [1.29, 1.82) is 0 Å². The van der Waals surface area contributed by atoms with Crippen molar-refractivity contribution in [2.24, 2.45) is 5.92 Å². The molecule has 0 aromatic heterocycles. The number of benzene rings is 1. The molecule has 0 radical (unpaired) electrons. The van der Waals surface area contributed by atoms with Gasteiger partial charge in [-0.2, -0.15) is 0 Å². The Labute approximate surface area is 145 Å². The molecule has 1 aliphatic heterocycles. The minimum atomic E-state index is -3.61. The van der Waals surface area contributed by atoms with Crippen molar-refractivity contribution >= 4 is 25.7 Å². The molecule has 0 aliphatic carbocycles. The lowest BCUT2D eigenvalue weighted by atomic mass is 10.1. The molecule has 0 atom stereocenters. The average molecular weight is 375 g/mol. The molecule has 2 rings (SSSR count). The largest absolute Gasteiger partial charge is 0.270 e. The third-order valence-corrected chi connectivity index (χ3v) is 7.63. The Kier molecular flexibility index (Phi) is 5.61. The van der Waals surface area contributed by atoms with Gasteiger partial charge in [0.2, 0.25) is 20.0 Å². The molecule has 1 aromatic carbocycles. The molecule has 6 nitrogen and oxygen atoms in total. The van der Waals surface area contributed by atoms with Crippen LogP contribution in [0.3, 0.4) is 0 Å². The van der Waals surface area contributed by atoms with Gasteiger partial charge >= 0.3 is 0 Å². The smallest absolute Gasteiger partial charge is 0.241 e. The fourth-order valence-electron chi connectivity index (χ4n) is 2.92. The Balaban J connectivity index is 2.42. The number of aryl methyl sites for hydroxylation is 2. The quantitative estimate of drug-likeness (QED) is 0.856. The van der Waals surface area contributed by atoms with Gasteiger partial charge in [0, 0.05) is 13.1 Å². The molecule has 1 heterocycles. The van der Waals surface area contributed by atoms with Gasteiger partial charge in [-0.3, -0.25) is 4.31 Å². The molecule has 1 saturated heterocycles. The van der Waals surface area contributed by atoms with E-state index < -0.39 is 20.0 Å². The monoisotopic (exact) mass is 374 g/mol. The number of anilines is 1. The van der Waals surface area contributed by atoms with Crippen LogP contribution in [0.4, 0.5) is 5.69 Å². The number of rotatable bonds is 5. The number of sulfonamides is 2. The molecular formula is C16H26N2O4S2. The van der Waals surface area contributed by atoms with Crippen molar-refractivity contribution in [1.82, 2.24) is 4.72 Å². The Hall–Kier alpha value is -1.12. The Bertz CT molecular complexity index is 791. The summed E-state index contributed by atoms with van der Waals surface area (Å²) in [5.74, 6) is 0.347. The second-order valence-electron chi connectivity index (χ2n) is 6.75. The van der Waals surface area contributed by atoms with Gasteiger partial charge in [-0.05, 0) is 55.9 Å². The highest BCUT2D eigenvalue weighted by molar-refractivity contribution is 7.92. The summed E-state index contributed by atoms with van der Waals surface area (Å²) >= 11 is 0. The van der Waals surface area contributed by atoms with Crippen LogP contribution in [0.25, 0.3) is 0 Å². The lowest BCUT2D eigenvalue weighted by Gasteiger charge is -2.29. The summed E-state index contributed by atoms with van der Waals surface area (Å²) in [5.41, 5.74) is 1.66. The van der Waals surface area contributed by atoms with Crippen molar-refractivity contribution in [2.45, 2.75) is 45.4 Å². The predicted octanol–water partition coefficient (Wildman–Crippen LogP) is 2.17. The van der Waals surface area contributed by atoms with Crippen LogP contribution in [-0.4, -0.2) is 35.7 Å². The molecule has 0 bridgehead atoms. The summed E-state index contributed by atoms with van der Waals surface area (Å²) in [5, 5.41) is 0. The van der Waals surface area contributed by atoms with E-state index in [1.807, 2.05) is 13.8 Å². The standard InChI is InChI=1S/C16H26N2O4S2/c1-12(2)11-17-24(21,22)16-13(3)9-15(10-14(16)4)18-7-5-6-8-23(18,19)20/h9-10,12,17H,5-8,11H2,1-4H3. The number of nitrogens with one attached hydrogen (secondary N) is 1. The fraction of sp³-hybridized carbons (Fsp3) is 0.625. The van der Waals surface area contributed by atoms with Crippen molar-refractivity contribution in [2.75, 3.05) is 23.1 Å². The van der Waals surface area contributed by atoms with E-state index in [-0.39, 0.29) is 16.6 Å². The van der Waals surface area contributed by atoms with Crippen LogP contribution in [0.5, 0.6) is 0 Å². The topological polar surface area (TPSA) is 83.6 Å². The molecule has 1 N–H and O–H groups in total. The Morgan fingerprint density at radius 1 is 1.17 bits per heavy atom. The summed E-state index contributed by atoms with van der Waals surface area (Å²) in [4.78, 5) is 0.237. The summed E-state index contributed by atoms with van der Waals surface area (Å²) < 4.78 is 53.6. The molecule has 8 heteroatoms. The highest BCUT2D eigenvalue weighted by Crippen LogP contribution is 2.30. The van der Waals surface area contributed by atoms with Crippen LogP contribution in [0.15, 0.2) is 17.0 Å². The predicted molar refractivity (Wildman–Crippen MR) is 96.3 cm³/mol. The van der Waals surface area contributed by atoms with E-state index in [0.717, 1.165) is 6.42 Å². The van der Waals surface area contributed by atoms with Gasteiger partial charge in [-0.15, -0.1) is 0 Å². The molecular weight excluding hydrogens is 348 g/mol. The van der Waals surface area contributed by atoms with Crippen LogP contribution < -0.4 is 9.03 Å². The molecule has 0 spiro atoms. The zero-order chi connectivity index (χ0) is 18.1. The first-order valence-electron chi connectivity index (χ1n) is 8.16. The van der Waals surface area contributed by atoms with Gasteiger partial charge in [0.25, 0.3) is 0 Å². The van der Waals surface area contributed by atoms with Gasteiger partial charge in [0.1, 0.15) is 0 Å². The number of hydrogen-bond donors (Lipinski definition) is 1. The Morgan fingerprint density at radius 3 is 2.25 bits per heavy atom. The van der Waals surface area contributed by atoms with E-state index >= 15 is 0 Å². The first kappa shape index (κ1) is 19.2. The van der Waals surface area contributed by atoms with Gasteiger partial charge < -0.3 is 0 Å². The lowest BCUT2D eigenvalue weighted by Crippen LogP contribution is -2.38. The van der Waals surface area contributed by atoms with Crippen LogP contribution >= 0.6 is 0 Å². The third-order valence-electron chi connectivity index (χ3n) is 4.03. The first-order valence-corrected chi connectivity index (χ1v) is 11.2. The van der Waals surface area contributed by atoms with E-state index in [2.05, 4.69) is 4.72 Å². The van der Waals surface area contributed by atoms with Crippen molar-refractivity contribution in [3.8, 4) is 0 Å². The number of hydrogen-bond acceptors (Lipinski definition) is 4.